The van der Waals surface area contributed by atoms with Gasteiger partial charge in [0.15, 0.2) is 11.1 Å². The number of ether oxygens (including phenoxy) is 1. The highest BCUT2D eigenvalue weighted by atomic mass is 32.2. The van der Waals surface area contributed by atoms with Crippen LogP contribution in [0.4, 0.5) is 0 Å². The van der Waals surface area contributed by atoms with Gasteiger partial charge in [-0.25, -0.2) is 4.21 Å². The summed E-state index contributed by atoms with van der Waals surface area (Å²) in [5, 5.41) is 0. The van der Waals surface area contributed by atoms with Crippen LogP contribution in [-0.4, -0.2) is 29.1 Å². The second-order valence-electron chi connectivity index (χ2n) is 2.08. The smallest absolute Gasteiger partial charge is 0.320 e. The quantitative estimate of drug-likeness (QED) is 0.582. The zero-order valence-corrected chi connectivity index (χ0v) is 8.19. The molecule has 0 aromatic heterocycles. The van der Waals surface area contributed by atoms with Crippen LogP contribution >= 0.6 is 0 Å². The number of carbonyl (C=O) groups excluding carboxylic acids is 1. The molecule has 12 heavy (non-hydrogen) atoms. The lowest BCUT2D eigenvalue weighted by Gasteiger charge is -2.01. The fraction of sp³-hybridized carbons (Fsp3) is 0.857. The largest absolute Gasteiger partial charge is 0.465 e. The molecule has 0 aliphatic carbocycles. The molecule has 4 nitrogen and oxygen atoms in total. The summed E-state index contributed by atoms with van der Waals surface area (Å²) in [4.78, 5) is 10.7. The van der Waals surface area contributed by atoms with E-state index >= 15 is 0 Å². The molecule has 0 saturated carbocycles. The van der Waals surface area contributed by atoms with E-state index in [1.54, 1.807) is 6.92 Å². The summed E-state index contributed by atoms with van der Waals surface area (Å²) < 4.78 is 20.2. The van der Waals surface area contributed by atoms with Crippen molar-refractivity contribution in [2.45, 2.75) is 20.3 Å². The van der Waals surface area contributed by atoms with Crippen molar-refractivity contribution in [2.24, 2.45) is 0 Å². The molecule has 0 aromatic rings. The van der Waals surface area contributed by atoms with Crippen molar-refractivity contribution >= 4 is 17.0 Å². The highest BCUT2D eigenvalue weighted by Crippen LogP contribution is 1.90. The number of hydrogen-bond donors (Lipinski definition) is 0. The summed E-state index contributed by atoms with van der Waals surface area (Å²) in [6.45, 7) is 4.32. The Morgan fingerprint density at radius 1 is 1.42 bits per heavy atom. The molecule has 0 aliphatic heterocycles. The van der Waals surface area contributed by atoms with Gasteiger partial charge in [0, 0.05) is 0 Å². The van der Waals surface area contributed by atoms with Gasteiger partial charge >= 0.3 is 5.97 Å². The summed E-state index contributed by atoms with van der Waals surface area (Å²) in [6, 6.07) is 0. The van der Waals surface area contributed by atoms with Crippen molar-refractivity contribution in [3.63, 3.8) is 0 Å². The van der Waals surface area contributed by atoms with Gasteiger partial charge in [-0.15, -0.1) is 0 Å². The number of rotatable bonds is 6. The van der Waals surface area contributed by atoms with Gasteiger partial charge in [0.25, 0.3) is 0 Å². The Hall–Kier alpha value is -0.420. The van der Waals surface area contributed by atoms with Gasteiger partial charge in [0.05, 0.1) is 13.2 Å². The van der Waals surface area contributed by atoms with Gasteiger partial charge in [0.1, 0.15) is 5.75 Å². The fourth-order valence-electron chi connectivity index (χ4n) is 0.517. The summed E-state index contributed by atoms with van der Waals surface area (Å²) in [5.74, 6) is -0.652. The molecule has 1 atom stereocenters. The van der Waals surface area contributed by atoms with Gasteiger partial charge in [-0.2, -0.15) is 0 Å². The van der Waals surface area contributed by atoms with Crippen LogP contribution in [0, 0.1) is 0 Å². The Labute approximate surface area is 74.9 Å². The van der Waals surface area contributed by atoms with Crippen LogP contribution in [0.2, 0.25) is 0 Å². The summed E-state index contributed by atoms with van der Waals surface area (Å²) in [6.07, 6.45) is 0.786. The van der Waals surface area contributed by atoms with E-state index in [4.69, 9.17) is 4.18 Å². The molecular weight excluding hydrogens is 180 g/mol. The Kier molecular flexibility index (Phi) is 6.99. The average molecular weight is 194 g/mol. The molecule has 0 saturated heterocycles. The van der Waals surface area contributed by atoms with Gasteiger partial charge in [-0.3, -0.25) is 8.98 Å². The second-order valence-corrected chi connectivity index (χ2v) is 3.21. The van der Waals surface area contributed by atoms with Gasteiger partial charge < -0.3 is 4.74 Å². The zero-order chi connectivity index (χ0) is 9.40. The Morgan fingerprint density at radius 3 is 2.58 bits per heavy atom. The first-order valence-electron chi connectivity index (χ1n) is 3.88. The predicted octanol–water partition coefficient (Wildman–Crippen LogP) is 0.640. The van der Waals surface area contributed by atoms with Crippen molar-refractivity contribution in [1.29, 1.82) is 0 Å². The summed E-state index contributed by atoms with van der Waals surface area (Å²) in [7, 11) is 0. The van der Waals surface area contributed by atoms with E-state index in [0.29, 0.717) is 13.2 Å². The van der Waals surface area contributed by atoms with E-state index in [1.807, 2.05) is 6.92 Å². The standard InChI is InChI=1S/C7H14O4S/c1-3-5-11-12(9)6-7(8)10-4-2/h3-6H2,1-2H3. The van der Waals surface area contributed by atoms with Crippen molar-refractivity contribution in [1.82, 2.24) is 0 Å². The van der Waals surface area contributed by atoms with Crippen molar-refractivity contribution < 1.29 is 17.9 Å². The molecule has 0 aliphatic rings. The predicted molar refractivity (Wildman–Crippen MR) is 45.9 cm³/mol. The molecule has 0 bridgehead atoms. The van der Waals surface area contributed by atoms with E-state index in [0.717, 1.165) is 6.42 Å². The molecule has 0 spiro atoms. The van der Waals surface area contributed by atoms with E-state index in [2.05, 4.69) is 4.74 Å². The lowest BCUT2D eigenvalue weighted by atomic mass is 10.5. The first-order valence-corrected chi connectivity index (χ1v) is 5.12. The minimum atomic E-state index is -1.53. The van der Waals surface area contributed by atoms with E-state index in [1.165, 1.54) is 0 Å². The number of carbonyl (C=O) groups is 1. The first-order chi connectivity index (χ1) is 5.70. The minimum absolute atomic E-state index is 0.173. The molecule has 0 aromatic carbocycles. The monoisotopic (exact) mass is 194 g/mol. The normalized spacial score (nSPS) is 12.5. The third-order valence-electron chi connectivity index (χ3n) is 0.960. The minimum Gasteiger partial charge on any atom is -0.465 e. The maximum Gasteiger partial charge on any atom is 0.320 e. The van der Waals surface area contributed by atoms with Crippen LogP contribution in [0.1, 0.15) is 20.3 Å². The highest BCUT2D eigenvalue weighted by Gasteiger charge is 2.08. The van der Waals surface area contributed by atoms with Crippen molar-refractivity contribution in [3.8, 4) is 0 Å². The van der Waals surface area contributed by atoms with Gasteiger partial charge in [-0.1, -0.05) is 6.92 Å². The highest BCUT2D eigenvalue weighted by molar-refractivity contribution is 7.80. The van der Waals surface area contributed by atoms with E-state index in [9.17, 15) is 9.00 Å². The SMILES string of the molecule is CCCOS(=O)CC(=O)OCC. The van der Waals surface area contributed by atoms with Crippen LogP contribution < -0.4 is 0 Å². The maximum absolute atomic E-state index is 10.9. The first kappa shape index (κ1) is 11.6. The molecule has 0 rings (SSSR count). The third-order valence-corrected chi connectivity index (χ3v) is 1.86. The van der Waals surface area contributed by atoms with Crippen molar-refractivity contribution in [3.05, 3.63) is 0 Å². The van der Waals surface area contributed by atoms with Crippen LogP contribution in [0.15, 0.2) is 0 Å². The molecule has 0 heterocycles. The molecule has 1 unspecified atom stereocenters. The van der Waals surface area contributed by atoms with Gasteiger partial charge in [0.2, 0.25) is 0 Å². The van der Waals surface area contributed by atoms with Crippen molar-refractivity contribution in [2.75, 3.05) is 19.0 Å². The second kappa shape index (κ2) is 7.24. The summed E-state index contributed by atoms with van der Waals surface area (Å²) in [5.41, 5.74) is 0. The average Bonchev–Trinajstić information content (AvgIpc) is 2.01. The van der Waals surface area contributed by atoms with E-state index < -0.39 is 17.0 Å². The lowest BCUT2D eigenvalue weighted by molar-refractivity contribution is -0.140. The molecule has 0 fully saturated rings. The lowest BCUT2D eigenvalue weighted by Crippen LogP contribution is -2.15. The number of hydrogen-bond acceptors (Lipinski definition) is 4. The van der Waals surface area contributed by atoms with Gasteiger partial charge in [-0.05, 0) is 13.3 Å². The molecular formula is C7H14O4S. The van der Waals surface area contributed by atoms with Crippen LogP contribution in [0.25, 0.3) is 0 Å². The molecule has 0 N–H and O–H groups in total. The maximum atomic E-state index is 10.9. The molecule has 0 amide bonds. The fourth-order valence-corrected chi connectivity index (χ4v) is 1.23. The van der Waals surface area contributed by atoms with Crippen LogP contribution in [0.5, 0.6) is 0 Å². The molecule has 72 valence electrons. The molecule has 5 heteroatoms. The molecule has 0 radical (unpaired) electrons. The van der Waals surface area contributed by atoms with Crippen LogP contribution in [0.3, 0.4) is 0 Å². The Morgan fingerprint density at radius 2 is 2.08 bits per heavy atom. The Bertz CT molecular complexity index is 157. The Balaban J connectivity index is 3.47. The zero-order valence-electron chi connectivity index (χ0n) is 7.37. The third kappa shape index (κ3) is 6.30. The number of esters is 1. The topological polar surface area (TPSA) is 52.6 Å². The van der Waals surface area contributed by atoms with E-state index in [-0.39, 0.29) is 5.75 Å². The van der Waals surface area contributed by atoms with Crippen LogP contribution in [-0.2, 0) is 24.8 Å². The summed E-state index contributed by atoms with van der Waals surface area (Å²) >= 11 is -1.53.